The molecule has 3 rings (SSSR count). The van der Waals surface area contributed by atoms with Crippen molar-refractivity contribution in [2.75, 3.05) is 31.5 Å². The van der Waals surface area contributed by atoms with Crippen LogP contribution in [0.3, 0.4) is 0 Å². The number of hydrogen-bond donors (Lipinski definition) is 2. The number of anilines is 1. The van der Waals surface area contributed by atoms with Crippen LogP contribution in [0, 0.1) is 5.92 Å². The number of piperidine rings is 1. The van der Waals surface area contributed by atoms with Crippen LogP contribution < -0.4 is 11.1 Å². The molecule has 0 aromatic heterocycles. The molecule has 0 spiro atoms. The smallest absolute Gasteiger partial charge is 0.193 e. The average Bonchev–Trinajstić information content (AvgIpc) is 2.61. The van der Waals surface area contributed by atoms with Crippen LogP contribution >= 0.6 is 24.0 Å². The third kappa shape index (κ3) is 6.13. The molecule has 2 aliphatic rings. The number of guanidine groups is 1. The Hall–Kier alpha value is -0.820. The Kier molecular flexibility index (Phi) is 8.49. The molecule has 140 valence electrons. The molecular weight excluding hydrogens is 423 g/mol. The Balaban J connectivity index is 0.00000225. The lowest BCUT2D eigenvalue weighted by atomic mass is 9.90. The largest absolute Gasteiger partial charge is 0.370 e. The number of halogens is 1. The summed E-state index contributed by atoms with van der Waals surface area (Å²) in [6.07, 6.45) is 8.68. The molecule has 0 unspecified atom stereocenters. The fourth-order valence-electron chi connectivity index (χ4n) is 3.86. The van der Waals surface area contributed by atoms with Crippen molar-refractivity contribution in [1.29, 1.82) is 0 Å². The summed E-state index contributed by atoms with van der Waals surface area (Å²) in [6.45, 7) is 6.80. The molecule has 1 aromatic carbocycles. The topological polar surface area (TPSA) is 53.6 Å². The summed E-state index contributed by atoms with van der Waals surface area (Å²) in [7, 11) is 0. The van der Waals surface area contributed by atoms with Crippen LogP contribution in [0.1, 0.15) is 50.2 Å². The summed E-state index contributed by atoms with van der Waals surface area (Å²) < 4.78 is 0. The van der Waals surface area contributed by atoms with Crippen LogP contribution in [0.2, 0.25) is 0 Å². The number of nitrogens with one attached hydrogen (secondary N) is 1. The highest BCUT2D eigenvalue weighted by Crippen LogP contribution is 2.27. The highest BCUT2D eigenvalue weighted by Gasteiger charge is 2.15. The third-order valence-electron chi connectivity index (χ3n) is 5.45. The van der Waals surface area contributed by atoms with Crippen molar-refractivity contribution in [3.05, 3.63) is 29.3 Å². The van der Waals surface area contributed by atoms with Gasteiger partial charge in [0.2, 0.25) is 0 Å². The summed E-state index contributed by atoms with van der Waals surface area (Å²) in [4.78, 5) is 7.09. The van der Waals surface area contributed by atoms with Gasteiger partial charge in [-0.2, -0.15) is 0 Å². The van der Waals surface area contributed by atoms with Gasteiger partial charge in [-0.1, -0.05) is 19.1 Å². The molecule has 0 amide bonds. The molecule has 1 aliphatic carbocycles. The van der Waals surface area contributed by atoms with Gasteiger partial charge in [-0.15, -0.1) is 24.0 Å². The number of fused-ring (bicyclic) bond motifs is 1. The Bertz CT molecular complexity index is 565. The van der Waals surface area contributed by atoms with Crippen LogP contribution in [-0.2, 0) is 12.8 Å². The van der Waals surface area contributed by atoms with E-state index in [1.54, 1.807) is 0 Å². The van der Waals surface area contributed by atoms with Crippen LogP contribution in [0.5, 0.6) is 0 Å². The Morgan fingerprint density at radius 2 is 2.00 bits per heavy atom. The first-order chi connectivity index (χ1) is 11.7. The molecule has 0 bridgehead atoms. The Morgan fingerprint density at radius 3 is 2.80 bits per heavy atom. The lowest BCUT2D eigenvalue weighted by Crippen LogP contribution is -2.34. The van der Waals surface area contributed by atoms with Crippen molar-refractivity contribution in [2.24, 2.45) is 16.6 Å². The number of aliphatic imine (C=N–C) groups is 1. The third-order valence-corrected chi connectivity index (χ3v) is 5.45. The number of nitrogens with zero attached hydrogens (tertiary/aromatic N) is 2. The maximum atomic E-state index is 6.10. The van der Waals surface area contributed by atoms with Crippen molar-refractivity contribution >= 4 is 35.6 Å². The van der Waals surface area contributed by atoms with Gasteiger partial charge in [0.15, 0.2) is 5.96 Å². The predicted molar refractivity (Wildman–Crippen MR) is 118 cm³/mol. The van der Waals surface area contributed by atoms with Gasteiger partial charge in [0, 0.05) is 12.2 Å². The summed E-state index contributed by atoms with van der Waals surface area (Å²) in [5, 5.41) is 3.33. The fraction of sp³-hybridized carbons (Fsp3) is 0.650. The number of rotatable bonds is 5. The summed E-state index contributed by atoms with van der Waals surface area (Å²) >= 11 is 0. The maximum Gasteiger partial charge on any atom is 0.193 e. The van der Waals surface area contributed by atoms with E-state index in [1.165, 1.54) is 56.3 Å². The molecule has 1 fully saturated rings. The molecule has 5 heteroatoms. The molecule has 1 aromatic rings. The molecule has 25 heavy (non-hydrogen) atoms. The predicted octanol–water partition coefficient (Wildman–Crippen LogP) is 4.03. The van der Waals surface area contributed by atoms with E-state index in [-0.39, 0.29) is 24.0 Å². The molecule has 1 saturated heterocycles. The minimum atomic E-state index is 0. The van der Waals surface area contributed by atoms with E-state index >= 15 is 0 Å². The average molecular weight is 456 g/mol. The zero-order valence-corrected chi connectivity index (χ0v) is 17.8. The minimum Gasteiger partial charge on any atom is -0.370 e. The molecule has 0 atom stereocenters. The zero-order chi connectivity index (χ0) is 16.8. The second-order valence-corrected chi connectivity index (χ2v) is 7.42. The SMILES string of the molecule is CC1CCN(CCCN=C(N)Nc2cccc3c2CCCC3)CC1.I. The van der Waals surface area contributed by atoms with Crippen LogP contribution in [-0.4, -0.2) is 37.0 Å². The summed E-state index contributed by atoms with van der Waals surface area (Å²) in [6, 6.07) is 6.49. The van der Waals surface area contributed by atoms with E-state index in [9.17, 15) is 0 Å². The quantitative estimate of drug-likeness (QED) is 0.305. The first-order valence-electron chi connectivity index (χ1n) is 9.62. The van der Waals surface area contributed by atoms with Gasteiger partial charge < -0.3 is 16.0 Å². The lowest BCUT2D eigenvalue weighted by molar-refractivity contribution is 0.192. The Labute approximate surface area is 169 Å². The highest BCUT2D eigenvalue weighted by molar-refractivity contribution is 14.0. The molecule has 1 heterocycles. The van der Waals surface area contributed by atoms with E-state index in [0.29, 0.717) is 5.96 Å². The van der Waals surface area contributed by atoms with Crippen molar-refractivity contribution in [1.82, 2.24) is 4.90 Å². The maximum absolute atomic E-state index is 6.10. The first-order valence-corrected chi connectivity index (χ1v) is 9.62. The van der Waals surface area contributed by atoms with E-state index in [1.807, 2.05) is 0 Å². The molecule has 0 radical (unpaired) electrons. The van der Waals surface area contributed by atoms with E-state index < -0.39 is 0 Å². The van der Waals surface area contributed by atoms with Gasteiger partial charge in [0.05, 0.1) is 0 Å². The summed E-state index contributed by atoms with van der Waals surface area (Å²) in [5.74, 6) is 1.46. The number of benzene rings is 1. The van der Waals surface area contributed by atoms with Crippen LogP contribution in [0.25, 0.3) is 0 Å². The number of nitrogens with two attached hydrogens (primary N) is 1. The minimum absolute atomic E-state index is 0. The number of hydrogen-bond acceptors (Lipinski definition) is 2. The fourth-order valence-corrected chi connectivity index (χ4v) is 3.86. The van der Waals surface area contributed by atoms with Crippen LogP contribution in [0.15, 0.2) is 23.2 Å². The standard InChI is InChI=1S/C20H32N4.HI/c1-16-10-14-24(15-11-16)13-5-12-22-20(21)23-19-9-4-7-17-6-2-3-8-18(17)19;/h4,7,9,16H,2-3,5-6,8,10-15H2,1H3,(H3,21,22,23);1H. The van der Waals surface area contributed by atoms with Gasteiger partial charge in [0.25, 0.3) is 0 Å². The van der Waals surface area contributed by atoms with E-state index in [0.717, 1.165) is 37.5 Å². The highest BCUT2D eigenvalue weighted by atomic mass is 127. The molecule has 1 aliphatic heterocycles. The van der Waals surface area contributed by atoms with Gasteiger partial charge in [-0.05, 0) is 87.7 Å². The van der Waals surface area contributed by atoms with Crippen molar-refractivity contribution in [3.8, 4) is 0 Å². The van der Waals surface area contributed by atoms with Gasteiger partial charge >= 0.3 is 0 Å². The normalized spacial score (nSPS) is 19.2. The van der Waals surface area contributed by atoms with Crippen molar-refractivity contribution in [3.63, 3.8) is 0 Å². The van der Waals surface area contributed by atoms with Gasteiger partial charge in [0.1, 0.15) is 0 Å². The monoisotopic (exact) mass is 456 g/mol. The van der Waals surface area contributed by atoms with Crippen LogP contribution in [0.4, 0.5) is 5.69 Å². The van der Waals surface area contributed by atoms with Crippen molar-refractivity contribution < 1.29 is 0 Å². The van der Waals surface area contributed by atoms with E-state index in [2.05, 4.69) is 40.3 Å². The lowest BCUT2D eigenvalue weighted by Gasteiger charge is -2.29. The Morgan fingerprint density at radius 1 is 1.24 bits per heavy atom. The molecule has 0 saturated carbocycles. The molecule has 3 N–H and O–H groups in total. The first kappa shape index (κ1) is 20.5. The second-order valence-electron chi connectivity index (χ2n) is 7.42. The van der Waals surface area contributed by atoms with Gasteiger partial charge in [-0.3, -0.25) is 4.99 Å². The molecular formula is C20H33IN4. The number of likely N-dealkylation sites (tertiary alicyclic amines) is 1. The molecule has 4 nitrogen and oxygen atoms in total. The van der Waals surface area contributed by atoms with Gasteiger partial charge in [-0.25, -0.2) is 0 Å². The second kappa shape index (κ2) is 10.4. The summed E-state index contributed by atoms with van der Waals surface area (Å²) in [5.41, 5.74) is 10.2. The number of aryl methyl sites for hydroxylation is 1. The van der Waals surface area contributed by atoms with E-state index in [4.69, 9.17) is 5.73 Å². The van der Waals surface area contributed by atoms with Crippen molar-refractivity contribution in [2.45, 2.75) is 51.9 Å². The zero-order valence-electron chi connectivity index (χ0n) is 15.5.